The smallest absolute Gasteiger partial charge is 0.378 e. The Bertz CT molecular complexity index is 1130. The molecule has 0 unspecified atom stereocenters. The molecule has 210 valence electrons. The predicted molar refractivity (Wildman–Crippen MR) is 122 cm³/mol. The third kappa shape index (κ3) is 7.77. The van der Waals surface area contributed by atoms with Crippen molar-refractivity contribution in [3.05, 3.63) is 40.1 Å². The van der Waals surface area contributed by atoms with Crippen molar-refractivity contribution in [3.63, 3.8) is 0 Å². The van der Waals surface area contributed by atoms with E-state index in [1.807, 2.05) is 0 Å². The standard InChI is InChI=1S/C21H26F6N8O3/c1-12(32-15-9-31-33-18(37)17(15)21(25,26)27)10-38-11-14(28)6-16(36)34-2-4-35(5-3-34)19-29-7-13(8-30-19)20(22,23)24/h7-9,12,14H,2-6,10-11,28H2,1H3,(H2,32,33,37)/t12-,14-/m0/s1. The van der Waals surface area contributed by atoms with Crippen LogP contribution in [0.3, 0.4) is 0 Å². The van der Waals surface area contributed by atoms with Gasteiger partial charge in [-0.15, -0.1) is 0 Å². The Labute approximate surface area is 212 Å². The Hall–Kier alpha value is -3.47. The molecule has 1 saturated heterocycles. The second-order valence-corrected chi connectivity index (χ2v) is 8.67. The minimum Gasteiger partial charge on any atom is -0.378 e. The van der Waals surface area contributed by atoms with E-state index < -0.39 is 46.8 Å². The van der Waals surface area contributed by atoms with Crippen LogP contribution in [0.25, 0.3) is 0 Å². The monoisotopic (exact) mass is 552 g/mol. The normalized spacial score (nSPS) is 16.3. The van der Waals surface area contributed by atoms with Gasteiger partial charge < -0.3 is 25.6 Å². The van der Waals surface area contributed by atoms with Crippen LogP contribution in [0.4, 0.5) is 38.0 Å². The van der Waals surface area contributed by atoms with E-state index in [2.05, 4.69) is 20.4 Å². The first kappa shape index (κ1) is 29.1. The quantitative estimate of drug-likeness (QED) is 0.395. The second kappa shape index (κ2) is 11.9. The van der Waals surface area contributed by atoms with Crippen LogP contribution in [-0.2, 0) is 21.9 Å². The second-order valence-electron chi connectivity index (χ2n) is 8.67. The number of anilines is 2. The fourth-order valence-corrected chi connectivity index (χ4v) is 3.69. The summed E-state index contributed by atoms with van der Waals surface area (Å²) in [5.41, 5.74) is 1.76. The Morgan fingerprint density at radius 1 is 1.08 bits per heavy atom. The highest BCUT2D eigenvalue weighted by molar-refractivity contribution is 5.77. The van der Waals surface area contributed by atoms with Crippen LogP contribution < -0.4 is 21.5 Å². The highest BCUT2D eigenvalue weighted by Gasteiger charge is 2.37. The van der Waals surface area contributed by atoms with Gasteiger partial charge in [-0.3, -0.25) is 9.59 Å². The Balaban J connectivity index is 1.40. The summed E-state index contributed by atoms with van der Waals surface area (Å²) in [6.07, 6.45) is -7.18. The van der Waals surface area contributed by atoms with Crippen molar-refractivity contribution >= 4 is 17.5 Å². The van der Waals surface area contributed by atoms with Gasteiger partial charge in [-0.1, -0.05) is 0 Å². The Morgan fingerprint density at radius 2 is 1.71 bits per heavy atom. The average molecular weight is 552 g/mol. The molecule has 0 spiro atoms. The molecule has 1 aliphatic heterocycles. The lowest BCUT2D eigenvalue weighted by Crippen LogP contribution is -2.50. The molecule has 0 aliphatic carbocycles. The summed E-state index contributed by atoms with van der Waals surface area (Å²) in [4.78, 5) is 34.8. The largest absolute Gasteiger partial charge is 0.423 e. The molecule has 0 saturated carbocycles. The number of alkyl halides is 6. The van der Waals surface area contributed by atoms with Crippen molar-refractivity contribution in [2.24, 2.45) is 5.73 Å². The summed E-state index contributed by atoms with van der Waals surface area (Å²) in [5.74, 6) is -0.110. The van der Waals surface area contributed by atoms with Gasteiger partial charge in [-0.2, -0.15) is 31.4 Å². The number of H-pyrrole nitrogens is 1. The highest BCUT2D eigenvalue weighted by Crippen LogP contribution is 2.31. The van der Waals surface area contributed by atoms with E-state index in [0.717, 1.165) is 6.20 Å². The van der Waals surface area contributed by atoms with Gasteiger partial charge in [0.1, 0.15) is 5.56 Å². The zero-order chi connectivity index (χ0) is 28.1. The maximum atomic E-state index is 13.1. The lowest BCUT2D eigenvalue weighted by atomic mass is 10.2. The molecule has 2 aromatic rings. The molecule has 17 heteroatoms. The molecule has 0 aromatic carbocycles. The number of aromatic nitrogens is 4. The third-order valence-electron chi connectivity index (χ3n) is 5.56. The molecule has 0 radical (unpaired) electrons. The molecule has 4 N–H and O–H groups in total. The van der Waals surface area contributed by atoms with Crippen LogP contribution in [0.5, 0.6) is 0 Å². The van der Waals surface area contributed by atoms with Gasteiger partial charge in [0.05, 0.1) is 30.7 Å². The number of ether oxygens (including phenoxy) is 1. The van der Waals surface area contributed by atoms with Crippen LogP contribution in [0.2, 0.25) is 0 Å². The number of nitrogens with two attached hydrogens (primary N) is 1. The molecule has 2 atom stereocenters. The van der Waals surface area contributed by atoms with Gasteiger partial charge in [0, 0.05) is 57.1 Å². The van der Waals surface area contributed by atoms with Crippen LogP contribution in [0, 0.1) is 0 Å². The number of hydrogen-bond acceptors (Lipinski definition) is 9. The number of piperazine rings is 1. The van der Waals surface area contributed by atoms with Crippen molar-refractivity contribution < 1.29 is 35.9 Å². The number of carbonyl (C=O) groups excluding carboxylic acids is 1. The van der Waals surface area contributed by atoms with E-state index in [1.54, 1.807) is 14.9 Å². The molecule has 2 aromatic heterocycles. The van der Waals surface area contributed by atoms with Crippen LogP contribution in [-0.4, -0.2) is 82.4 Å². The predicted octanol–water partition coefficient (Wildman–Crippen LogP) is 1.48. The molecule has 11 nitrogen and oxygen atoms in total. The van der Waals surface area contributed by atoms with Gasteiger partial charge >= 0.3 is 12.4 Å². The third-order valence-corrected chi connectivity index (χ3v) is 5.56. The zero-order valence-corrected chi connectivity index (χ0v) is 20.1. The lowest BCUT2D eigenvalue weighted by Gasteiger charge is -2.35. The van der Waals surface area contributed by atoms with E-state index in [-0.39, 0.29) is 31.5 Å². The fourth-order valence-electron chi connectivity index (χ4n) is 3.69. The zero-order valence-electron chi connectivity index (χ0n) is 20.1. The summed E-state index contributed by atoms with van der Waals surface area (Å²) in [7, 11) is 0. The van der Waals surface area contributed by atoms with Crippen LogP contribution in [0.1, 0.15) is 24.5 Å². The van der Waals surface area contributed by atoms with Crippen molar-refractivity contribution in [3.8, 4) is 0 Å². The maximum Gasteiger partial charge on any atom is 0.423 e. The summed E-state index contributed by atoms with van der Waals surface area (Å²) in [6, 6.07) is -1.32. The van der Waals surface area contributed by atoms with Crippen LogP contribution >= 0.6 is 0 Å². The van der Waals surface area contributed by atoms with Gasteiger partial charge in [-0.05, 0) is 6.92 Å². The molecule has 3 heterocycles. The van der Waals surface area contributed by atoms with E-state index >= 15 is 0 Å². The SMILES string of the molecule is C[C@@H](COC[C@@H](N)CC(=O)N1CCN(c2ncc(C(F)(F)F)cn2)CC1)Nc1cn[nH]c(=O)c1C(F)(F)F. The van der Waals surface area contributed by atoms with Crippen molar-refractivity contribution in [1.29, 1.82) is 0 Å². The number of hydrogen-bond donors (Lipinski definition) is 3. The minimum atomic E-state index is -4.88. The summed E-state index contributed by atoms with van der Waals surface area (Å²) < 4.78 is 82.8. The van der Waals surface area contributed by atoms with E-state index in [4.69, 9.17) is 10.5 Å². The minimum absolute atomic E-state index is 0.0448. The summed E-state index contributed by atoms with van der Waals surface area (Å²) in [6.45, 7) is 2.67. The summed E-state index contributed by atoms with van der Waals surface area (Å²) in [5, 5.41) is 7.66. The Morgan fingerprint density at radius 3 is 2.29 bits per heavy atom. The number of rotatable bonds is 9. The lowest BCUT2D eigenvalue weighted by molar-refractivity contribution is -0.139. The number of carbonyl (C=O) groups is 1. The van der Waals surface area contributed by atoms with Crippen molar-refractivity contribution in [2.45, 2.75) is 37.8 Å². The highest BCUT2D eigenvalue weighted by atomic mass is 19.4. The topological polar surface area (TPSA) is 142 Å². The first-order valence-corrected chi connectivity index (χ1v) is 11.4. The molecule has 0 bridgehead atoms. The van der Waals surface area contributed by atoms with Crippen molar-refractivity contribution in [2.75, 3.05) is 49.6 Å². The van der Waals surface area contributed by atoms with Crippen LogP contribution in [0.15, 0.2) is 23.4 Å². The van der Waals surface area contributed by atoms with Crippen molar-refractivity contribution in [1.82, 2.24) is 25.1 Å². The first-order chi connectivity index (χ1) is 17.8. The molecule has 1 amide bonds. The molecule has 1 aliphatic rings. The van der Waals surface area contributed by atoms with Gasteiger partial charge in [0.15, 0.2) is 0 Å². The van der Waals surface area contributed by atoms with E-state index in [0.29, 0.717) is 38.6 Å². The molecular formula is C21H26F6N8O3. The maximum absolute atomic E-state index is 13.1. The summed E-state index contributed by atoms with van der Waals surface area (Å²) >= 11 is 0. The Kier molecular flexibility index (Phi) is 9.14. The fraction of sp³-hybridized carbons (Fsp3) is 0.571. The molecular weight excluding hydrogens is 526 g/mol. The molecule has 3 rings (SSSR count). The number of aromatic amines is 1. The van der Waals surface area contributed by atoms with E-state index in [1.165, 1.54) is 6.92 Å². The number of nitrogens with one attached hydrogen (secondary N) is 2. The first-order valence-electron chi connectivity index (χ1n) is 11.4. The molecule has 1 fully saturated rings. The number of nitrogens with zero attached hydrogens (tertiary/aromatic N) is 5. The number of halogens is 6. The van der Waals surface area contributed by atoms with Gasteiger partial charge in [0.2, 0.25) is 11.9 Å². The molecule has 38 heavy (non-hydrogen) atoms. The van der Waals surface area contributed by atoms with E-state index in [9.17, 15) is 35.9 Å². The van der Waals surface area contributed by atoms with Gasteiger partial charge in [-0.25, -0.2) is 15.1 Å². The number of amides is 1. The van der Waals surface area contributed by atoms with Gasteiger partial charge in [0.25, 0.3) is 5.56 Å². The average Bonchev–Trinajstić information content (AvgIpc) is 2.83.